The minimum atomic E-state index is -0.114. The molecule has 1 amide bonds. The lowest BCUT2D eigenvalue weighted by Crippen LogP contribution is -2.26. The van der Waals surface area contributed by atoms with Crippen LogP contribution in [-0.4, -0.2) is 34.0 Å². The van der Waals surface area contributed by atoms with Crippen LogP contribution in [0.4, 0.5) is 0 Å². The molecule has 1 aromatic carbocycles. The first-order valence-corrected chi connectivity index (χ1v) is 8.50. The molecule has 2 aromatic heterocycles. The molecular formula is C19H20N4O3. The lowest BCUT2D eigenvalue weighted by molar-refractivity contribution is 0.0955. The highest BCUT2D eigenvalue weighted by Crippen LogP contribution is 2.32. The number of aromatic nitrogens is 3. The molecule has 0 atom stereocenters. The summed E-state index contributed by atoms with van der Waals surface area (Å²) in [6, 6.07) is 7.65. The number of aryl methyl sites for hydroxylation is 3. The van der Waals surface area contributed by atoms with Gasteiger partial charge in [-0.15, -0.1) is 0 Å². The van der Waals surface area contributed by atoms with E-state index in [1.165, 1.54) is 0 Å². The number of benzene rings is 1. The fourth-order valence-corrected chi connectivity index (χ4v) is 3.26. The van der Waals surface area contributed by atoms with E-state index in [0.29, 0.717) is 18.5 Å². The van der Waals surface area contributed by atoms with Crippen molar-refractivity contribution in [3.63, 3.8) is 0 Å². The van der Waals surface area contributed by atoms with Gasteiger partial charge in [0.05, 0.1) is 16.6 Å². The van der Waals surface area contributed by atoms with Gasteiger partial charge in [0.1, 0.15) is 0 Å². The van der Waals surface area contributed by atoms with Gasteiger partial charge in [-0.05, 0) is 44.0 Å². The summed E-state index contributed by atoms with van der Waals surface area (Å²) in [5.41, 5.74) is 4.02. The van der Waals surface area contributed by atoms with Crippen LogP contribution in [0.1, 0.15) is 27.3 Å². The first kappa shape index (κ1) is 16.4. The number of nitrogens with zero attached hydrogens (tertiary/aromatic N) is 3. The SMILES string of the molecule is Cc1cc(C(=O)NCCc2ccc3c(c2)OCO3)c2c(C)nn(C)c2n1. The molecule has 7 heteroatoms. The van der Waals surface area contributed by atoms with Gasteiger partial charge in [-0.25, -0.2) is 4.98 Å². The molecule has 4 rings (SSSR count). The highest BCUT2D eigenvalue weighted by atomic mass is 16.7. The number of rotatable bonds is 4. The second-order valence-corrected chi connectivity index (χ2v) is 6.41. The van der Waals surface area contributed by atoms with Gasteiger partial charge in [0.2, 0.25) is 6.79 Å². The Kier molecular flexibility index (Phi) is 3.99. The summed E-state index contributed by atoms with van der Waals surface area (Å²) >= 11 is 0. The average molecular weight is 352 g/mol. The Labute approximate surface area is 150 Å². The van der Waals surface area contributed by atoms with E-state index in [2.05, 4.69) is 15.4 Å². The minimum absolute atomic E-state index is 0.114. The van der Waals surface area contributed by atoms with Crippen LogP contribution in [0.15, 0.2) is 24.3 Å². The quantitative estimate of drug-likeness (QED) is 0.779. The Morgan fingerprint density at radius 3 is 2.88 bits per heavy atom. The summed E-state index contributed by atoms with van der Waals surface area (Å²) < 4.78 is 12.4. The van der Waals surface area contributed by atoms with Crippen molar-refractivity contribution in [3.05, 3.63) is 46.8 Å². The van der Waals surface area contributed by atoms with E-state index in [1.54, 1.807) is 4.68 Å². The molecule has 0 saturated carbocycles. The maximum Gasteiger partial charge on any atom is 0.252 e. The number of hydrogen-bond acceptors (Lipinski definition) is 5. The largest absolute Gasteiger partial charge is 0.454 e. The lowest BCUT2D eigenvalue weighted by Gasteiger charge is -2.08. The van der Waals surface area contributed by atoms with Crippen molar-refractivity contribution < 1.29 is 14.3 Å². The van der Waals surface area contributed by atoms with Gasteiger partial charge < -0.3 is 14.8 Å². The normalized spacial score (nSPS) is 12.6. The highest BCUT2D eigenvalue weighted by Gasteiger charge is 2.18. The monoisotopic (exact) mass is 352 g/mol. The molecule has 1 aliphatic heterocycles. The fraction of sp³-hybridized carbons (Fsp3) is 0.316. The summed E-state index contributed by atoms with van der Waals surface area (Å²) in [7, 11) is 1.84. The van der Waals surface area contributed by atoms with Crippen LogP contribution in [0.2, 0.25) is 0 Å². The van der Waals surface area contributed by atoms with Crippen molar-refractivity contribution in [2.24, 2.45) is 7.05 Å². The number of carbonyl (C=O) groups excluding carboxylic acids is 1. The third-order valence-electron chi connectivity index (χ3n) is 4.48. The molecule has 0 unspecified atom stereocenters. The number of carbonyl (C=O) groups is 1. The Balaban J connectivity index is 1.49. The maximum atomic E-state index is 12.7. The van der Waals surface area contributed by atoms with Crippen LogP contribution in [0, 0.1) is 13.8 Å². The summed E-state index contributed by atoms with van der Waals surface area (Å²) in [5.74, 6) is 1.41. The van der Waals surface area contributed by atoms with Gasteiger partial charge in [0, 0.05) is 19.3 Å². The van der Waals surface area contributed by atoms with Gasteiger partial charge in [-0.3, -0.25) is 9.48 Å². The van der Waals surface area contributed by atoms with Gasteiger partial charge >= 0.3 is 0 Å². The zero-order chi connectivity index (χ0) is 18.3. The van der Waals surface area contributed by atoms with E-state index >= 15 is 0 Å². The predicted octanol–water partition coefficient (Wildman–Crippen LogP) is 2.29. The van der Waals surface area contributed by atoms with Gasteiger partial charge in [0.15, 0.2) is 17.1 Å². The molecule has 134 valence electrons. The molecule has 0 spiro atoms. The van der Waals surface area contributed by atoms with Crippen LogP contribution in [0.25, 0.3) is 11.0 Å². The van der Waals surface area contributed by atoms with Crippen LogP contribution in [0.5, 0.6) is 11.5 Å². The summed E-state index contributed by atoms with van der Waals surface area (Å²) in [5, 5.41) is 8.18. The minimum Gasteiger partial charge on any atom is -0.454 e. The molecule has 0 aliphatic carbocycles. The van der Waals surface area contributed by atoms with E-state index in [0.717, 1.165) is 39.5 Å². The summed E-state index contributed by atoms with van der Waals surface area (Å²) in [6.45, 7) is 4.56. The number of ether oxygens (including phenoxy) is 2. The molecule has 0 radical (unpaired) electrons. The number of amides is 1. The van der Waals surface area contributed by atoms with Crippen molar-refractivity contribution in [2.45, 2.75) is 20.3 Å². The first-order chi connectivity index (χ1) is 12.5. The molecule has 3 heterocycles. The molecule has 0 fully saturated rings. The second kappa shape index (κ2) is 6.33. The van der Waals surface area contributed by atoms with Crippen LogP contribution >= 0.6 is 0 Å². The predicted molar refractivity (Wildman–Crippen MR) is 96.6 cm³/mol. The van der Waals surface area contributed by atoms with Crippen LogP contribution in [0.3, 0.4) is 0 Å². The third kappa shape index (κ3) is 2.85. The van der Waals surface area contributed by atoms with Crippen LogP contribution < -0.4 is 14.8 Å². The molecular weight excluding hydrogens is 332 g/mol. The number of fused-ring (bicyclic) bond motifs is 2. The van der Waals surface area contributed by atoms with E-state index in [-0.39, 0.29) is 12.7 Å². The van der Waals surface area contributed by atoms with Crippen molar-refractivity contribution in [1.82, 2.24) is 20.1 Å². The summed E-state index contributed by atoms with van der Waals surface area (Å²) in [4.78, 5) is 17.2. The van der Waals surface area contributed by atoms with Gasteiger partial charge in [0.25, 0.3) is 5.91 Å². The third-order valence-corrected chi connectivity index (χ3v) is 4.48. The summed E-state index contributed by atoms with van der Waals surface area (Å²) in [6.07, 6.45) is 0.710. The van der Waals surface area contributed by atoms with E-state index in [1.807, 2.05) is 45.2 Å². The Morgan fingerprint density at radius 2 is 2.04 bits per heavy atom. The van der Waals surface area contributed by atoms with Crippen molar-refractivity contribution >= 4 is 16.9 Å². The van der Waals surface area contributed by atoms with Crippen molar-refractivity contribution in [1.29, 1.82) is 0 Å². The smallest absolute Gasteiger partial charge is 0.252 e. The van der Waals surface area contributed by atoms with Gasteiger partial charge in [-0.1, -0.05) is 6.07 Å². The zero-order valence-electron chi connectivity index (χ0n) is 15.0. The Morgan fingerprint density at radius 1 is 1.23 bits per heavy atom. The number of nitrogens with one attached hydrogen (secondary N) is 1. The standard InChI is InChI=1S/C19H20N4O3/c1-11-8-14(17-12(2)22-23(3)18(17)21-11)19(24)20-7-6-13-4-5-15-16(9-13)26-10-25-15/h4-5,8-9H,6-7,10H2,1-3H3,(H,20,24). The van der Waals surface area contributed by atoms with E-state index in [9.17, 15) is 4.79 Å². The molecule has 0 bridgehead atoms. The zero-order valence-corrected chi connectivity index (χ0v) is 15.0. The molecule has 1 aliphatic rings. The topological polar surface area (TPSA) is 78.3 Å². The second-order valence-electron chi connectivity index (χ2n) is 6.41. The number of hydrogen-bond donors (Lipinski definition) is 1. The maximum absolute atomic E-state index is 12.7. The van der Waals surface area contributed by atoms with Gasteiger partial charge in [-0.2, -0.15) is 5.10 Å². The molecule has 7 nitrogen and oxygen atoms in total. The molecule has 0 saturated heterocycles. The Hall–Kier alpha value is -3.09. The molecule has 1 N–H and O–H groups in total. The average Bonchev–Trinajstić information content (AvgIpc) is 3.18. The fourth-order valence-electron chi connectivity index (χ4n) is 3.26. The van der Waals surface area contributed by atoms with Crippen LogP contribution in [-0.2, 0) is 13.5 Å². The molecule has 3 aromatic rings. The van der Waals surface area contributed by atoms with Crippen molar-refractivity contribution in [3.8, 4) is 11.5 Å². The number of pyridine rings is 1. The lowest BCUT2D eigenvalue weighted by atomic mass is 10.1. The first-order valence-electron chi connectivity index (χ1n) is 8.50. The van der Waals surface area contributed by atoms with Crippen molar-refractivity contribution in [2.75, 3.05) is 13.3 Å². The Bertz CT molecular complexity index is 1010. The highest BCUT2D eigenvalue weighted by molar-refractivity contribution is 6.06. The molecule has 26 heavy (non-hydrogen) atoms. The van der Waals surface area contributed by atoms with E-state index in [4.69, 9.17) is 9.47 Å². The van der Waals surface area contributed by atoms with E-state index < -0.39 is 0 Å².